The molecule has 1 aliphatic carbocycles. The molecule has 1 aliphatic heterocycles. The van der Waals surface area contributed by atoms with Gasteiger partial charge in [-0.15, -0.1) is 0 Å². The molecule has 5 nitrogen and oxygen atoms in total. The zero-order valence-corrected chi connectivity index (χ0v) is 17.1. The maximum absolute atomic E-state index is 13.0. The molecule has 1 N–H and O–H groups in total. The fraction of sp³-hybridized carbons (Fsp3) is 0.320. The maximum Gasteiger partial charge on any atom is 0.256 e. The summed E-state index contributed by atoms with van der Waals surface area (Å²) in [6.07, 6.45) is 2.61. The third-order valence-electron chi connectivity index (χ3n) is 6.58. The van der Waals surface area contributed by atoms with Crippen molar-refractivity contribution in [3.05, 3.63) is 99.2 Å². The SMILES string of the molecule is CC(C(=O)N1CCc2nc(C3(c4ccccc4)CC3)[nH]c(=O)c2C1)c1ccccc1. The first-order valence-electron chi connectivity index (χ1n) is 10.6. The summed E-state index contributed by atoms with van der Waals surface area (Å²) in [4.78, 5) is 35.7. The molecule has 1 amide bonds. The van der Waals surface area contributed by atoms with Gasteiger partial charge in [-0.2, -0.15) is 0 Å². The largest absolute Gasteiger partial charge is 0.337 e. The van der Waals surface area contributed by atoms with Crippen LogP contribution in [0.3, 0.4) is 0 Å². The third kappa shape index (κ3) is 3.15. The Kier molecular flexibility index (Phi) is 4.54. The lowest BCUT2D eigenvalue weighted by Crippen LogP contribution is -2.42. The van der Waals surface area contributed by atoms with Crippen molar-refractivity contribution in [2.75, 3.05) is 6.54 Å². The number of carbonyl (C=O) groups excluding carboxylic acids is 1. The molecule has 0 radical (unpaired) electrons. The first kappa shape index (κ1) is 18.8. The Balaban J connectivity index is 1.41. The minimum Gasteiger partial charge on any atom is -0.337 e. The van der Waals surface area contributed by atoms with E-state index in [0.717, 1.165) is 29.9 Å². The Labute approximate surface area is 175 Å². The highest BCUT2D eigenvalue weighted by Gasteiger charge is 2.48. The molecule has 1 fully saturated rings. The molecule has 0 spiro atoms. The van der Waals surface area contributed by atoms with E-state index in [9.17, 15) is 9.59 Å². The lowest BCUT2D eigenvalue weighted by molar-refractivity contribution is -0.133. The predicted molar refractivity (Wildman–Crippen MR) is 115 cm³/mol. The number of amides is 1. The second kappa shape index (κ2) is 7.24. The lowest BCUT2D eigenvalue weighted by Gasteiger charge is -2.30. The quantitative estimate of drug-likeness (QED) is 0.730. The van der Waals surface area contributed by atoms with Crippen LogP contribution in [-0.4, -0.2) is 27.3 Å². The minimum atomic E-state index is -0.230. The molecule has 3 aromatic rings. The van der Waals surface area contributed by atoms with Gasteiger partial charge in [-0.3, -0.25) is 9.59 Å². The van der Waals surface area contributed by atoms with Crippen LogP contribution in [-0.2, 0) is 23.2 Å². The van der Waals surface area contributed by atoms with Crippen molar-refractivity contribution in [3.8, 4) is 0 Å². The van der Waals surface area contributed by atoms with E-state index in [2.05, 4.69) is 17.1 Å². The summed E-state index contributed by atoms with van der Waals surface area (Å²) in [6.45, 7) is 2.85. The van der Waals surface area contributed by atoms with Crippen molar-refractivity contribution in [2.24, 2.45) is 0 Å². The number of aromatic amines is 1. The van der Waals surface area contributed by atoms with Crippen molar-refractivity contribution in [1.82, 2.24) is 14.9 Å². The summed E-state index contributed by atoms with van der Waals surface area (Å²) < 4.78 is 0. The summed E-state index contributed by atoms with van der Waals surface area (Å²) in [5, 5.41) is 0. The van der Waals surface area contributed by atoms with Gasteiger partial charge >= 0.3 is 0 Å². The molecule has 0 saturated heterocycles. The molecule has 1 saturated carbocycles. The van der Waals surface area contributed by atoms with Gasteiger partial charge in [-0.25, -0.2) is 4.98 Å². The van der Waals surface area contributed by atoms with Gasteiger partial charge < -0.3 is 9.88 Å². The Morgan fingerprint density at radius 3 is 2.40 bits per heavy atom. The van der Waals surface area contributed by atoms with Gasteiger partial charge in [0.15, 0.2) is 0 Å². The van der Waals surface area contributed by atoms with Crippen molar-refractivity contribution in [3.63, 3.8) is 0 Å². The van der Waals surface area contributed by atoms with Crippen molar-refractivity contribution >= 4 is 5.91 Å². The first-order chi connectivity index (χ1) is 14.6. The van der Waals surface area contributed by atoms with Crippen LogP contribution in [0.25, 0.3) is 0 Å². The number of rotatable bonds is 4. The van der Waals surface area contributed by atoms with Gasteiger partial charge in [0.2, 0.25) is 5.91 Å². The molecular weight excluding hydrogens is 374 g/mol. The molecule has 1 aromatic heterocycles. The maximum atomic E-state index is 13.0. The van der Waals surface area contributed by atoms with E-state index in [1.807, 2.05) is 55.5 Å². The lowest BCUT2D eigenvalue weighted by atomic mass is 9.94. The Bertz CT molecular complexity index is 1130. The van der Waals surface area contributed by atoms with Gasteiger partial charge in [0.05, 0.1) is 29.1 Å². The highest BCUT2D eigenvalue weighted by molar-refractivity contribution is 5.83. The van der Waals surface area contributed by atoms with Gasteiger partial charge in [-0.05, 0) is 30.9 Å². The van der Waals surface area contributed by atoms with Crippen LogP contribution < -0.4 is 5.56 Å². The smallest absolute Gasteiger partial charge is 0.256 e. The van der Waals surface area contributed by atoms with Crippen LogP contribution in [0.5, 0.6) is 0 Å². The normalized spacial score (nSPS) is 17.8. The number of hydrogen-bond acceptors (Lipinski definition) is 3. The van der Waals surface area contributed by atoms with Crippen LogP contribution in [0, 0.1) is 0 Å². The van der Waals surface area contributed by atoms with E-state index in [0.29, 0.717) is 25.1 Å². The van der Waals surface area contributed by atoms with E-state index < -0.39 is 0 Å². The minimum absolute atomic E-state index is 0.0540. The number of fused-ring (bicyclic) bond motifs is 1. The molecule has 1 unspecified atom stereocenters. The Morgan fingerprint density at radius 2 is 1.73 bits per heavy atom. The summed E-state index contributed by atoms with van der Waals surface area (Å²) in [7, 11) is 0. The topological polar surface area (TPSA) is 66.1 Å². The highest BCUT2D eigenvalue weighted by atomic mass is 16.2. The van der Waals surface area contributed by atoms with Crippen LogP contribution >= 0.6 is 0 Å². The summed E-state index contributed by atoms with van der Waals surface area (Å²) in [5.41, 5.74) is 3.40. The number of aromatic nitrogens is 2. The average Bonchev–Trinajstić information content (AvgIpc) is 3.61. The molecule has 30 heavy (non-hydrogen) atoms. The molecule has 5 rings (SSSR count). The van der Waals surface area contributed by atoms with E-state index in [4.69, 9.17) is 4.98 Å². The molecule has 152 valence electrons. The number of nitrogens with one attached hydrogen (secondary N) is 1. The van der Waals surface area contributed by atoms with Gasteiger partial charge in [0.1, 0.15) is 5.82 Å². The second-order valence-electron chi connectivity index (χ2n) is 8.43. The van der Waals surface area contributed by atoms with Crippen LogP contribution in [0.15, 0.2) is 65.5 Å². The average molecular weight is 399 g/mol. The molecule has 2 aliphatic rings. The van der Waals surface area contributed by atoms with E-state index in [1.54, 1.807) is 4.90 Å². The zero-order chi connectivity index (χ0) is 20.7. The summed E-state index contributed by atoms with van der Waals surface area (Å²) >= 11 is 0. The molecular formula is C25H25N3O2. The standard InChI is InChI=1S/C25H25N3O2/c1-17(18-8-4-2-5-9-18)23(30)28-15-12-21-20(16-28)22(29)27-24(26-21)25(13-14-25)19-10-6-3-7-11-19/h2-11,17H,12-16H2,1H3,(H,26,27,29). The van der Waals surface area contributed by atoms with Crippen LogP contribution in [0.4, 0.5) is 0 Å². The van der Waals surface area contributed by atoms with Crippen molar-refractivity contribution in [1.29, 1.82) is 0 Å². The van der Waals surface area contributed by atoms with Crippen molar-refractivity contribution < 1.29 is 4.79 Å². The van der Waals surface area contributed by atoms with Gasteiger partial charge in [0.25, 0.3) is 5.56 Å². The van der Waals surface area contributed by atoms with Crippen LogP contribution in [0.2, 0.25) is 0 Å². The van der Waals surface area contributed by atoms with Gasteiger partial charge in [0, 0.05) is 13.0 Å². The zero-order valence-electron chi connectivity index (χ0n) is 17.1. The predicted octanol–water partition coefficient (Wildman–Crippen LogP) is 3.54. The van der Waals surface area contributed by atoms with E-state index in [-0.39, 0.29) is 22.8 Å². The van der Waals surface area contributed by atoms with E-state index >= 15 is 0 Å². The number of nitrogens with zero attached hydrogens (tertiary/aromatic N) is 2. The van der Waals surface area contributed by atoms with Crippen molar-refractivity contribution in [2.45, 2.75) is 44.1 Å². The number of hydrogen-bond donors (Lipinski definition) is 1. The fourth-order valence-electron chi connectivity index (χ4n) is 4.54. The monoisotopic (exact) mass is 399 g/mol. The molecule has 1 atom stereocenters. The summed E-state index contributed by atoms with van der Waals surface area (Å²) in [6, 6.07) is 20.1. The highest BCUT2D eigenvalue weighted by Crippen LogP contribution is 2.51. The molecule has 2 heterocycles. The molecule has 2 aromatic carbocycles. The first-order valence-corrected chi connectivity index (χ1v) is 10.6. The molecule has 0 bridgehead atoms. The third-order valence-corrected chi connectivity index (χ3v) is 6.58. The van der Waals surface area contributed by atoms with Gasteiger partial charge in [-0.1, -0.05) is 60.7 Å². The van der Waals surface area contributed by atoms with E-state index in [1.165, 1.54) is 5.56 Å². The Hall–Kier alpha value is -3.21. The number of carbonyl (C=O) groups is 1. The summed E-state index contributed by atoms with van der Waals surface area (Å²) in [5.74, 6) is 0.597. The van der Waals surface area contributed by atoms with Crippen LogP contribution in [0.1, 0.15) is 53.9 Å². The number of H-pyrrole nitrogens is 1. The number of benzene rings is 2. The molecule has 5 heteroatoms. The Morgan fingerprint density at radius 1 is 1.07 bits per heavy atom. The fourth-order valence-corrected chi connectivity index (χ4v) is 4.54. The second-order valence-corrected chi connectivity index (χ2v) is 8.43.